The Hall–Kier alpha value is -3.36. The van der Waals surface area contributed by atoms with Gasteiger partial charge in [-0.3, -0.25) is 24.7 Å². The van der Waals surface area contributed by atoms with Crippen LogP contribution in [-0.4, -0.2) is 27.3 Å². The van der Waals surface area contributed by atoms with Crippen molar-refractivity contribution in [2.24, 2.45) is 0 Å². The Morgan fingerprint density at radius 1 is 0.903 bits per heavy atom. The van der Waals surface area contributed by atoms with Crippen molar-refractivity contribution in [3.8, 4) is 0 Å². The molecule has 0 aliphatic heterocycles. The van der Waals surface area contributed by atoms with E-state index in [4.69, 9.17) is 11.6 Å². The summed E-state index contributed by atoms with van der Waals surface area (Å²) in [5.41, 5.74) is 5.93. The Kier molecular flexibility index (Phi) is 6.94. The maximum atomic E-state index is 12.9. The topological polar surface area (TPSA) is 95.6 Å². The van der Waals surface area contributed by atoms with E-state index in [0.717, 1.165) is 9.87 Å². The maximum absolute atomic E-state index is 12.9. The minimum Gasteiger partial charge on any atom is -0.273 e. The van der Waals surface area contributed by atoms with E-state index in [1.54, 1.807) is 54.6 Å². The molecule has 9 heteroatoms. The molecule has 3 rings (SSSR count). The first-order valence-corrected chi connectivity index (χ1v) is 11.1. The van der Waals surface area contributed by atoms with Gasteiger partial charge in [-0.25, -0.2) is 8.42 Å². The molecule has 0 fully saturated rings. The second-order valence-electron chi connectivity index (χ2n) is 6.64. The third-order valence-corrected chi connectivity index (χ3v) is 6.50. The van der Waals surface area contributed by atoms with Gasteiger partial charge in [0.1, 0.15) is 0 Å². The van der Waals surface area contributed by atoms with E-state index < -0.39 is 21.8 Å². The van der Waals surface area contributed by atoms with Crippen molar-refractivity contribution in [2.45, 2.75) is 11.3 Å². The van der Waals surface area contributed by atoms with Crippen molar-refractivity contribution >= 4 is 39.1 Å². The molecule has 0 radical (unpaired) electrons. The predicted molar refractivity (Wildman–Crippen MR) is 119 cm³/mol. The van der Waals surface area contributed by atoms with Gasteiger partial charge in [-0.1, -0.05) is 48.0 Å². The lowest BCUT2D eigenvalue weighted by Gasteiger charge is -2.19. The fourth-order valence-corrected chi connectivity index (χ4v) is 4.13. The summed E-state index contributed by atoms with van der Waals surface area (Å²) in [6, 6.07) is 20.9. The molecule has 0 saturated carbocycles. The Morgan fingerprint density at radius 3 is 2.26 bits per heavy atom. The van der Waals surface area contributed by atoms with Gasteiger partial charge in [-0.15, -0.1) is 0 Å². The van der Waals surface area contributed by atoms with E-state index in [1.165, 1.54) is 31.3 Å². The van der Waals surface area contributed by atoms with Crippen molar-refractivity contribution < 1.29 is 18.0 Å². The largest absolute Gasteiger partial charge is 0.273 e. The molecule has 3 aromatic carbocycles. The third kappa shape index (κ3) is 5.62. The van der Waals surface area contributed by atoms with Gasteiger partial charge in [0.05, 0.1) is 17.0 Å². The second-order valence-corrected chi connectivity index (χ2v) is 9.05. The Labute approximate surface area is 185 Å². The number of hydrazine groups is 1. The summed E-state index contributed by atoms with van der Waals surface area (Å²) < 4.78 is 27.0. The zero-order valence-corrected chi connectivity index (χ0v) is 18.2. The van der Waals surface area contributed by atoms with Crippen molar-refractivity contribution in [3.05, 3.63) is 95.0 Å². The third-order valence-electron chi connectivity index (χ3n) is 4.47. The Morgan fingerprint density at radius 2 is 1.58 bits per heavy atom. The number of nitrogens with zero attached hydrogens (tertiary/aromatic N) is 1. The smallest absolute Gasteiger partial charge is 0.269 e. The second kappa shape index (κ2) is 9.63. The lowest BCUT2D eigenvalue weighted by atomic mass is 10.1. The highest BCUT2D eigenvalue weighted by Gasteiger charge is 2.22. The van der Waals surface area contributed by atoms with Crippen LogP contribution in [0.2, 0.25) is 5.02 Å². The van der Waals surface area contributed by atoms with Crippen molar-refractivity contribution in [3.63, 3.8) is 0 Å². The molecule has 2 amide bonds. The molecule has 7 nitrogen and oxygen atoms in total. The summed E-state index contributed by atoms with van der Waals surface area (Å²) in [5.74, 6) is -1.06. The van der Waals surface area contributed by atoms with Crippen LogP contribution in [0.15, 0.2) is 83.8 Å². The van der Waals surface area contributed by atoms with Crippen LogP contribution < -0.4 is 15.2 Å². The molecule has 160 valence electrons. The number of benzene rings is 3. The van der Waals surface area contributed by atoms with Gasteiger partial charge in [0.25, 0.3) is 15.9 Å². The normalized spacial score (nSPS) is 10.9. The van der Waals surface area contributed by atoms with Gasteiger partial charge < -0.3 is 0 Å². The first kappa shape index (κ1) is 22.3. The van der Waals surface area contributed by atoms with Crippen LogP contribution in [0.1, 0.15) is 15.9 Å². The molecule has 0 aliphatic rings. The van der Waals surface area contributed by atoms with Gasteiger partial charge in [0.15, 0.2) is 0 Å². The van der Waals surface area contributed by atoms with Crippen molar-refractivity contribution in [1.29, 1.82) is 0 Å². The molecule has 0 atom stereocenters. The van der Waals surface area contributed by atoms with Crippen LogP contribution in [0.5, 0.6) is 0 Å². The number of amides is 2. The summed E-state index contributed by atoms with van der Waals surface area (Å²) in [4.78, 5) is 24.4. The lowest BCUT2D eigenvalue weighted by molar-refractivity contribution is -0.121. The first-order chi connectivity index (χ1) is 14.8. The first-order valence-electron chi connectivity index (χ1n) is 9.25. The number of anilines is 1. The standard InChI is InChI=1S/C22H20ClN3O4S/c1-26(19-7-3-2-4-8-19)31(29,30)20-9-5-6-17(15-20)22(28)25-24-21(27)14-16-10-12-18(23)13-11-16/h2-13,15H,14H2,1H3,(H,24,27)(H,25,28). The molecule has 0 heterocycles. The highest BCUT2D eigenvalue weighted by molar-refractivity contribution is 7.92. The van der Waals surface area contributed by atoms with Crippen LogP contribution in [0, 0.1) is 0 Å². The molecule has 0 spiro atoms. The molecule has 0 aliphatic carbocycles. The van der Waals surface area contributed by atoms with Crippen molar-refractivity contribution in [2.75, 3.05) is 11.4 Å². The summed E-state index contributed by atoms with van der Waals surface area (Å²) in [6.07, 6.45) is 0.0493. The van der Waals surface area contributed by atoms with E-state index in [1.807, 2.05) is 0 Å². The summed E-state index contributed by atoms with van der Waals surface area (Å²) in [6.45, 7) is 0. The number of hydrogen-bond donors (Lipinski definition) is 2. The minimum atomic E-state index is -3.87. The molecule has 2 N–H and O–H groups in total. The average molecular weight is 458 g/mol. The van der Waals surface area contributed by atoms with Gasteiger partial charge in [0.2, 0.25) is 5.91 Å². The predicted octanol–water partition coefficient (Wildman–Crippen LogP) is 3.17. The number of nitrogens with one attached hydrogen (secondary N) is 2. The molecule has 31 heavy (non-hydrogen) atoms. The van der Waals surface area contributed by atoms with E-state index in [2.05, 4.69) is 10.9 Å². The fourth-order valence-electron chi connectivity index (χ4n) is 2.76. The molecule has 3 aromatic rings. The SMILES string of the molecule is CN(c1ccccc1)S(=O)(=O)c1cccc(C(=O)NNC(=O)Cc2ccc(Cl)cc2)c1. The summed E-state index contributed by atoms with van der Waals surface area (Å²) in [5, 5.41) is 0.560. The van der Waals surface area contributed by atoms with Gasteiger partial charge in [-0.2, -0.15) is 0 Å². The number of carbonyl (C=O) groups excluding carboxylic acids is 2. The fraction of sp³-hybridized carbons (Fsp3) is 0.0909. The number of sulfonamides is 1. The van der Waals surface area contributed by atoms with Crippen LogP contribution >= 0.6 is 11.6 Å². The van der Waals surface area contributed by atoms with Crippen LogP contribution in [0.4, 0.5) is 5.69 Å². The van der Waals surface area contributed by atoms with Crippen LogP contribution in [0.25, 0.3) is 0 Å². The Balaban J connectivity index is 1.67. The van der Waals surface area contributed by atoms with E-state index in [9.17, 15) is 18.0 Å². The monoisotopic (exact) mass is 457 g/mol. The molecule has 0 aromatic heterocycles. The molecule has 0 unspecified atom stereocenters. The number of carbonyl (C=O) groups is 2. The zero-order valence-electron chi connectivity index (χ0n) is 16.6. The van der Waals surface area contributed by atoms with Crippen LogP contribution in [-0.2, 0) is 21.2 Å². The van der Waals surface area contributed by atoms with Crippen molar-refractivity contribution in [1.82, 2.24) is 10.9 Å². The number of rotatable bonds is 6. The number of halogens is 1. The van der Waals surface area contributed by atoms with Gasteiger partial charge in [-0.05, 0) is 48.0 Å². The van der Waals surface area contributed by atoms with E-state index in [-0.39, 0.29) is 16.9 Å². The van der Waals surface area contributed by atoms with Gasteiger partial charge >= 0.3 is 0 Å². The summed E-state index contributed by atoms with van der Waals surface area (Å²) >= 11 is 5.81. The molecule has 0 bridgehead atoms. The molecule has 0 saturated heterocycles. The molecular formula is C22H20ClN3O4S. The number of hydrogen-bond acceptors (Lipinski definition) is 4. The quantitative estimate of drug-likeness (QED) is 0.556. The number of para-hydroxylation sites is 1. The highest BCUT2D eigenvalue weighted by Crippen LogP contribution is 2.22. The highest BCUT2D eigenvalue weighted by atomic mass is 35.5. The van der Waals surface area contributed by atoms with Gasteiger partial charge in [0, 0.05) is 17.6 Å². The van der Waals surface area contributed by atoms with E-state index >= 15 is 0 Å². The molecular weight excluding hydrogens is 438 g/mol. The minimum absolute atomic E-state index is 0.0426. The Bertz CT molecular complexity index is 1180. The average Bonchev–Trinajstić information content (AvgIpc) is 2.79. The zero-order chi connectivity index (χ0) is 22.4. The lowest BCUT2D eigenvalue weighted by Crippen LogP contribution is -2.42. The maximum Gasteiger partial charge on any atom is 0.269 e. The van der Waals surface area contributed by atoms with Crippen LogP contribution in [0.3, 0.4) is 0 Å². The summed E-state index contributed by atoms with van der Waals surface area (Å²) in [7, 11) is -2.43. The van der Waals surface area contributed by atoms with E-state index in [0.29, 0.717) is 10.7 Å².